The summed E-state index contributed by atoms with van der Waals surface area (Å²) in [4.78, 5) is 21.4. The van der Waals surface area contributed by atoms with Gasteiger partial charge in [-0.15, -0.1) is 10.2 Å². The zero-order chi connectivity index (χ0) is 12.0. The van der Waals surface area contributed by atoms with E-state index in [0.717, 1.165) is 12.4 Å². The van der Waals surface area contributed by atoms with Gasteiger partial charge in [-0.25, -0.2) is 4.79 Å². The third-order valence-corrected chi connectivity index (χ3v) is 1.87. The Morgan fingerprint density at radius 2 is 2.31 bits per heavy atom. The molecule has 0 aromatic carbocycles. The molecule has 0 spiro atoms. The Labute approximate surface area is 92.2 Å². The van der Waals surface area contributed by atoms with E-state index in [1.807, 2.05) is 16.8 Å². The number of primary amides is 1. The molecule has 0 aliphatic carbocycles. The number of aryl methyl sites for hydroxylation is 1. The average molecular weight is 226 g/mol. The van der Waals surface area contributed by atoms with Gasteiger partial charge in [0.25, 0.3) is 0 Å². The molecule has 0 aliphatic rings. The van der Waals surface area contributed by atoms with Gasteiger partial charge >= 0.3 is 6.03 Å². The highest BCUT2D eigenvalue weighted by atomic mass is 16.2. The second-order valence-electron chi connectivity index (χ2n) is 3.05. The predicted octanol–water partition coefficient (Wildman–Crippen LogP) is -1.42. The molecule has 0 aliphatic heterocycles. The fraction of sp³-hybridized carbons (Fsp3) is 0.500. The van der Waals surface area contributed by atoms with Gasteiger partial charge in [-0.05, 0) is 6.92 Å². The number of nitrogens with one attached hydrogen (secondary N) is 2. The number of rotatable bonds is 5. The van der Waals surface area contributed by atoms with E-state index in [0.29, 0.717) is 6.54 Å². The van der Waals surface area contributed by atoms with Crippen molar-refractivity contribution in [1.29, 1.82) is 0 Å². The van der Waals surface area contributed by atoms with Gasteiger partial charge in [0.15, 0.2) is 0 Å². The lowest BCUT2D eigenvalue weighted by Crippen LogP contribution is -2.40. The Morgan fingerprint density at radius 1 is 1.56 bits per heavy atom. The van der Waals surface area contributed by atoms with Crippen LogP contribution in [-0.4, -0.2) is 33.2 Å². The number of urea groups is 1. The zero-order valence-electron chi connectivity index (χ0n) is 8.93. The number of aromatic nitrogens is 3. The molecule has 16 heavy (non-hydrogen) atoms. The number of nitrogens with two attached hydrogens (primary N) is 1. The molecule has 88 valence electrons. The Balaban J connectivity index is 2.30. The zero-order valence-corrected chi connectivity index (χ0v) is 8.93. The molecule has 0 radical (unpaired) electrons. The Hall–Kier alpha value is -1.96. The van der Waals surface area contributed by atoms with Gasteiger partial charge in [-0.1, -0.05) is 0 Å². The van der Waals surface area contributed by atoms with Crippen LogP contribution in [-0.2, 0) is 17.9 Å². The van der Waals surface area contributed by atoms with E-state index in [1.165, 1.54) is 0 Å². The fourth-order valence-electron chi connectivity index (χ4n) is 1.15. The van der Waals surface area contributed by atoms with Crippen molar-refractivity contribution in [3.05, 3.63) is 12.2 Å². The number of hydrogen-bond donors (Lipinski definition) is 3. The van der Waals surface area contributed by atoms with Crippen molar-refractivity contribution in [2.24, 2.45) is 5.73 Å². The van der Waals surface area contributed by atoms with Crippen LogP contribution < -0.4 is 16.4 Å². The molecule has 0 saturated heterocycles. The van der Waals surface area contributed by atoms with Crippen molar-refractivity contribution in [3.8, 4) is 0 Å². The maximum atomic E-state index is 11.0. The lowest BCUT2D eigenvalue weighted by molar-refractivity contribution is -0.119. The maximum absolute atomic E-state index is 11.0. The Bertz CT molecular complexity index is 374. The molecule has 8 heteroatoms. The predicted molar refractivity (Wildman–Crippen MR) is 55.1 cm³/mol. The summed E-state index contributed by atoms with van der Waals surface area (Å²) in [6.07, 6.45) is 1.61. The summed E-state index contributed by atoms with van der Waals surface area (Å²) in [5.74, 6) is 0.254. The van der Waals surface area contributed by atoms with Crippen molar-refractivity contribution >= 4 is 11.9 Å². The standard InChI is InChI=1S/C8H14N6O2/c1-2-14-5-11-13-6(14)3-10-4-7(15)12-8(9)16/h5,10H,2-4H2,1H3,(H3,9,12,15,16). The monoisotopic (exact) mass is 226 g/mol. The summed E-state index contributed by atoms with van der Waals surface area (Å²) in [6.45, 7) is 3.13. The smallest absolute Gasteiger partial charge is 0.318 e. The first-order valence-electron chi connectivity index (χ1n) is 4.80. The molecular formula is C8H14N6O2. The van der Waals surface area contributed by atoms with Gasteiger partial charge in [0.1, 0.15) is 12.2 Å². The molecule has 8 nitrogen and oxygen atoms in total. The second-order valence-corrected chi connectivity index (χ2v) is 3.05. The Morgan fingerprint density at radius 3 is 2.94 bits per heavy atom. The molecule has 0 atom stereocenters. The van der Waals surface area contributed by atoms with Gasteiger partial charge in [-0.2, -0.15) is 0 Å². The van der Waals surface area contributed by atoms with Gasteiger partial charge in [0.05, 0.1) is 13.1 Å². The second kappa shape index (κ2) is 5.81. The largest absolute Gasteiger partial charge is 0.351 e. The number of hydrogen-bond acceptors (Lipinski definition) is 5. The van der Waals surface area contributed by atoms with E-state index in [1.54, 1.807) is 6.33 Å². The molecule has 4 N–H and O–H groups in total. The van der Waals surface area contributed by atoms with Crippen molar-refractivity contribution in [2.45, 2.75) is 20.0 Å². The first-order valence-corrected chi connectivity index (χ1v) is 4.80. The van der Waals surface area contributed by atoms with Crippen molar-refractivity contribution in [1.82, 2.24) is 25.4 Å². The lowest BCUT2D eigenvalue weighted by Gasteiger charge is -2.04. The fourth-order valence-corrected chi connectivity index (χ4v) is 1.15. The molecule has 0 bridgehead atoms. The normalized spacial score (nSPS) is 10.1. The van der Waals surface area contributed by atoms with Crippen LogP contribution in [0.5, 0.6) is 0 Å². The molecule has 0 fully saturated rings. The summed E-state index contributed by atoms with van der Waals surface area (Å²) in [6, 6.07) is -0.858. The maximum Gasteiger partial charge on any atom is 0.318 e. The number of amides is 3. The van der Waals surface area contributed by atoms with Crippen LogP contribution in [0.1, 0.15) is 12.7 Å². The minimum Gasteiger partial charge on any atom is -0.351 e. The van der Waals surface area contributed by atoms with Crippen LogP contribution in [0.25, 0.3) is 0 Å². The highest BCUT2D eigenvalue weighted by Gasteiger charge is 2.05. The van der Waals surface area contributed by atoms with E-state index in [4.69, 9.17) is 5.73 Å². The third-order valence-electron chi connectivity index (χ3n) is 1.87. The summed E-state index contributed by atoms with van der Waals surface area (Å²) < 4.78 is 1.85. The van der Waals surface area contributed by atoms with Crippen molar-refractivity contribution < 1.29 is 9.59 Å². The SMILES string of the molecule is CCn1cnnc1CNCC(=O)NC(N)=O. The summed E-state index contributed by atoms with van der Waals surface area (Å²) in [7, 11) is 0. The molecule has 0 unspecified atom stereocenters. The van der Waals surface area contributed by atoms with Crippen molar-refractivity contribution in [2.75, 3.05) is 6.54 Å². The first-order chi connectivity index (χ1) is 7.63. The number of carbonyl (C=O) groups is 2. The average Bonchev–Trinajstić information content (AvgIpc) is 2.64. The van der Waals surface area contributed by atoms with E-state index in [2.05, 4.69) is 15.5 Å². The summed E-state index contributed by atoms with van der Waals surface area (Å²) >= 11 is 0. The molecule has 1 rings (SSSR count). The van der Waals surface area contributed by atoms with Crippen molar-refractivity contribution in [3.63, 3.8) is 0 Å². The summed E-state index contributed by atoms with van der Waals surface area (Å²) in [5, 5.41) is 12.4. The minimum absolute atomic E-state index is 0.000482. The van der Waals surface area contributed by atoms with Crippen LogP contribution in [0.2, 0.25) is 0 Å². The Kier molecular flexibility index (Phi) is 4.40. The van der Waals surface area contributed by atoms with Gasteiger partial charge in [-0.3, -0.25) is 10.1 Å². The number of nitrogens with zero attached hydrogens (tertiary/aromatic N) is 3. The lowest BCUT2D eigenvalue weighted by atomic mass is 10.5. The van der Waals surface area contributed by atoms with E-state index in [-0.39, 0.29) is 6.54 Å². The van der Waals surface area contributed by atoms with Crippen LogP contribution >= 0.6 is 0 Å². The molecule has 0 saturated carbocycles. The quantitative estimate of drug-likeness (QED) is 0.570. The van der Waals surface area contributed by atoms with Crippen LogP contribution in [0.3, 0.4) is 0 Å². The van der Waals surface area contributed by atoms with Gasteiger partial charge in [0.2, 0.25) is 5.91 Å². The highest BCUT2D eigenvalue weighted by molar-refractivity contribution is 5.94. The van der Waals surface area contributed by atoms with Crippen LogP contribution in [0, 0.1) is 0 Å². The minimum atomic E-state index is -0.858. The highest BCUT2D eigenvalue weighted by Crippen LogP contribution is 1.93. The van der Waals surface area contributed by atoms with Crippen LogP contribution in [0.15, 0.2) is 6.33 Å². The molecule has 1 aromatic rings. The number of imide groups is 1. The molecular weight excluding hydrogens is 212 g/mol. The topological polar surface area (TPSA) is 115 Å². The molecule has 3 amide bonds. The number of carbonyl (C=O) groups excluding carboxylic acids is 2. The van der Waals surface area contributed by atoms with Gasteiger partial charge < -0.3 is 15.6 Å². The van der Waals surface area contributed by atoms with Gasteiger partial charge in [0, 0.05) is 6.54 Å². The third kappa shape index (κ3) is 3.65. The van der Waals surface area contributed by atoms with E-state index >= 15 is 0 Å². The van der Waals surface area contributed by atoms with E-state index in [9.17, 15) is 9.59 Å². The molecule has 1 heterocycles. The van der Waals surface area contributed by atoms with Crippen LogP contribution in [0.4, 0.5) is 4.79 Å². The first kappa shape index (κ1) is 12.1. The van der Waals surface area contributed by atoms with E-state index < -0.39 is 11.9 Å². The summed E-state index contributed by atoms with van der Waals surface area (Å²) in [5.41, 5.74) is 4.78. The molecule has 1 aromatic heterocycles.